The fraction of sp³-hybridized carbons (Fsp3) is 0.214. The van der Waals surface area contributed by atoms with Crippen LogP contribution in [-0.4, -0.2) is 13.1 Å². The van der Waals surface area contributed by atoms with E-state index in [2.05, 4.69) is 20.7 Å². The van der Waals surface area contributed by atoms with E-state index in [-0.39, 0.29) is 12.4 Å². The molecular formula is C14H9BrF4O4. The van der Waals surface area contributed by atoms with Gasteiger partial charge < -0.3 is 13.9 Å². The molecule has 0 fully saturated rings. The average molecular weight is 397 g/mol. The zero-order chi connectivity index (χ0) is 17.1. The Balaban J connectivity index is 2.16. The lowest BCUT2D eigenvalue weighted by atomic mass is 10.2. The third kappa shape index (κ3) is 3.56. The number of furan rings is 1. The van der Waals surface area contributed by atoms with Gasteiger partial charge in [0.1, 0.15) is 19.0 Å². The van der Waals surface area contributed by atoms with Gasteiger partial charge in [-0.2, -0.15) is 0 Å². The van der Waals surface area contributed by atoms with Crippen LogP contribution in [0.2, 0.25) is 0 Å². The minimum atomic E-state index is -1.65. The van der Waals surface area contributed by atoms with E-state index in [1.165, 1.54) is 19.2 Å². The number of carbonyl (C=O) groups excluding carboxylic acids is 1. The quantitative estimate of drug-likeness (QED) is 0.330. The first kappa shape index (κ1) is 17.5. The molecule has 0 bridgehead atoms. The number of hydrogen-bond acceptors (Lipinski definition) is 4. The highest BCUT2D eigenvalue weighted by atomic mass is 79.9. The Bertz CT molecular complexity index is 716. The molecule has 0 saturated heterocycles. The van der Waals surface area contributed by atoms with Crippen LogP contribution in [0.15, 0.2) is 21.0 Å². The monoisotopic (exact) mass is 396 g/mol. The Morgan fingerprint density at radius 3 is 2.26 bits per heavy atom. The number of rotatable bonds is 5. The summed E-state index contributed by atoms with van der Waals surface area (Å²) in [6.45, 7) is -0.891. The Hall–Kier alpha value is -1.87. The molecule has 0 radical (unpaired) electrons. The Morgan fingerprint density at radius 1 is 1.09 bits per heavy atom. The van der Waals surface area contributed by atoms with Gasteiger partial charge in [-0.25, -0.2) is 22.4 Å². The molecule has 0 aliphatic carbocycles. The molecule has 1 heterocycles. The highest BCUT2D eigenvalue weighted by Gasteiger charge is 2.25. The van der Waals surface area contributed by atoms with Crippen LogP contribution in [0.5, 0.6) is 0 Å². The number of carbonyl (C=O) groups is 1. The molecule has 0 amide bonds. The lowest BCUT2D eigenvalue weighted by Gasteiger charge is -2.09. The molecule has 0 aliphatic rings. The van der Waals surface area contributed by atoms with Crippen molar-refractivity contribution in [2.75, 3.05) is 7.11 Å². The molecule has 0 unspecified atom stereocenters. The highest BCUT2D eigenvalue weighted by Crippen LogP contribution is 2.28. The maximum absolute atomic E-state index is 13.6. The first-order valence-corrected chi connectivity index (χ1v) is 6.91. The molecule has 4 nitrogen and oxygen atoms in total. The van der Waals surface area contributed by atoms with Crippen LogP contribution in [-0.2, 0) is 22.7 Å². The molecule has 124 valence electrons. The number of esters is 1. The summed E-state index contributed by atoms with van der Waals surface area (Å²) < 4.78 is 67.5. The molecule has 0 spiro atoms. The number of ether oxygens (including phenoxy) is 2. The van der Waals surface area contributed by atoms with Crippen molar-refractivity contribution in [1.82, 2.24) is 0 Å². The van der Waals surface area contributed by atoms with Gasteiger partial charge in [0.25, 0.3) is 0 Å². The first-order valence-electron chi connectivity index (χ1n) is 6.11. The van der Waals surface area contributed by atoms with Crippen molar-refractivity contribution in [3.8, 4) is 0 Å². The Morgan fingerprint density at radius 2 is 1.70 bits per heavy atom. The van der Waals surface area contributed by atoms with E-state index >= 15 is 0 Å². The van der Waals surface area contributed by atoms with Crippen LogP contribution in [0.1, 0.15) is 21.9 Å². The molecule has 9 heteroatoms. The fourth-order valence-electron chi connectivity index (χ4n) is 1.69. The summed E-state index contributed by atoms with van der Waals surface area (Å²) in [5, 5.41) is 0. The van der Waals surface area contributed by atoms with Gasteiger partial charge in [-0.1, -0.05) is 0 Å². The van der Waals surface area contributed by atoms with Gasteiger partial charge in [0, 0.05) is 7.11 Å². The molecular weight excluding hydrogens is 388 g/mol. The lowest BCUT2D eigenvalue weighted by Crippen LogP contribution is -2.10. The van der Waals surface area contributed by atoms with Gasteiger partial charge in [-0.3, -0.25) is 0 Å². The van der Waals surface area contributed by atoms with E-state index in [9.17, 15) is 22.4 Å². The number of benzene rings is 1. The molecule has 0 N–H and O–H groups in total. The second kappa shape index (κ2) is 7.14. The molecule has 23 heavy (non-hydrogen) atoms. The molecule has 1 aromatic carbocycles. The summed E-state index contributed by atoms with van der Waals surface area (Å²) in [6, 6.07) is 2.71. The molecule has 0 aliphatic heterocycles. The Labute approximate surface area is 136 Å². The van der Waals surface area contributed by atoms with Crippen LogP contribution in [0.4, 0.5) is 17.6 Å². The standard InChI is InChI=1S/C14H9BrF4O4/c1-21-4-6-2-3-8(23-6)14(20)22-5-7-10(16)12(18)9(15)13(19)11(7)17/h2-3H,4-5H2,1H3. The average Bonchev–Trinajstić information content (AvgIpc) is 3.00. The van der Waals surface area contributed by atoms with Crippen LogP contribution in [0, 0.1) is 23.3 Å². The van der Waals surface area contributed by atoms with E-state index in [0.717, 1.165) is 0 Å². The van der Waals surface area contributed by atoms with Gasteiger partial charge in [0.15, 0.2) is 23.3 Å². The van der Waals surface area contributed by atoms with Crippen molar-refractivity contribution in [1.29, 1.82) is 0 Å². The summed E-state index contributed by atoms with van der Waals surface area (Å²) in [5.74, 6) is -7.49. The largest absolute Gasteiger partial charge is 0.455 e. The van der Waals surface area contributed by atoms with Crippen LogP contribution >= 0.6 is 15.9 Å². The van der Waals surface area contributed by atoms with Crippen molar-refractivity contribution in [2.45, 2.75) is 13.2 Å². The third-order valence-corrected chi connectivity index (χ3v) is 3.49. The number of halogens is 5. The van der Waals surface area contributed by atoms with Gasteiger partial charge in [-0.15, -0.1) is 0 Å². The molecule has 1 aromatic heterocycles. The molecule has 2 aromatic rings. The molecule has 0 atom stereocenters. The predicted molar refractivity (Wildman–Crippen MR) is 72.5 cm³/mol. The number of hydrogen-bond donors (Lipinski definition) is 0. The maximum atomic E-state index is 13.6. The topological polar surface area (TPSA) is 48.7 Å². The summed E-state index contributed by atoms with van der Waals surface area (Å²) in [4.78, 5) is 11.7. The van der Waals surface area contributed by atoms with Crippen molar-refractivity contribution in [3.05, 3.63) is 57.0 Å². The van der Waals surface area contributed by atoms with E-state index < -0.39 is 45.9 Å². The van der Waals surface area contributed by atoms with Crippen molar-refractivity contribution < 1.29 is 36.2 Å². The van der Waals surface area contributed by atoms with Gasteiger partial charge in [0.05, 0.1) is 10.0 Å². The van der Waals surface area contributed by atoms with Crippen molar-refractivity contribution >= 4 is 21.9 Å². The predicted octanol–water partition coefficient (Wildman–Crippen LogP) is 4.10. The van der Waals surface area contributed by atoms with Crippen LogP contribution < -0.4 is 0 Å². The zero-order valence-corrected chi connectivity index (χ0v) is 13.2. The SMILES string of the molecule is COCc1ccc(C(=O)OCc2c(F)c(F)c(Br)c(F)c2F)o1. The second-order valence-corrected chi connectivity index (χ2v) is 5.12. The van der Waals surface area contributed by atoms with Crippen LogP contribution in [0.25, 0.3) is 0 Å². The Kier molecular flexibility index (Phi) is 5.42. The molecule has 0 saturated carbocycles. The smallest absolute Gasteiger partial charge is 0.374 e. The van der Waals surface area contributed by atoms with E-state index in [0.29, 0.717) is 5.76 Å². The highest BCUT2D eigenvalue weighted by molar-refractivity contribution is 9.10. The third-order valence-electron chi connectivity index (χ3n) is 2.80. The minimum absolute atomic E-state index is 0.111. The van der Waals surface area contributed by atoms with E-state index in [4.69, 9.17) is 9.15 Å². The lowest BCUT2D eigenvalue weighted by molar-refractivity contribution is 0.0419. The van der Waals surface area contributed by atoms with Crippen molar-refractivity contribution in [3.63, 3.8) is 0 Å². The van der Waals surface area contributed by atoms with E-state index in [1.54, 1.807) is 0 Å². The van der Waals surface area contributed by atoms with Crippen LogP contribution in [0.3, 0.4) is 0 Å². The fourth-order valence-corrected chi connectivity index (χ4v) is 2.04. The summed E-state index contributed by atoms with van der Waals surface area (Å²) in [6.07, 6.45) is 0. The second-order valence-electron chi connectivity index (χ2n) is 4.32. The summed E-state index contributed by atoms with van der Waals surface area (Å²) in [5.41, 5.74) is -1.04. The summed E-state index contributed by atoms with van der Waals surface area (Å²) in [7, 11) is 1.42. The molecule has 2 rings (SSSR count). The normalized spacial score (nSPS) is 10.9. The van der Waals surface area contributed by atoms with E-state index in [1.807, 2.05) is 0 Å². The van der Waals surface area contributed by atoms with Gasteiger partial charge in [-0.05, 0) is 28.1 Å². The first-order chi connectivity index (χ1) is 10.9. The maximum Gasteiger partial charge on any atom is 0.374 e. The zero-order valence-electron chi connectivity index (χ0n) is 11.6. The minimum Gasteiger partial charge on any atom is -0.455 e. The summed E-state index contributed by atoms with van der Waals surface area (Å²) >= 11 is 2.38. The van der Waals surface area contributed by atoms with Gasteiger partial charge >= 0.3 is 5.97 Å². The number of methoxy groups -OCH3 is 1. The van der Waals surface area contributed by atoms with Gasteiger partial charge in [0.2, 0.25) is 5.76 Å². The van der Waals surface area contributed by atoms with Crippen molar-refractivity contribution in [2.24, 2.45) is 0 Å².